The lowest BCUT2D eigenvalue weighted by Crippen LogP contribution is -2.23. The molecular weight excluding hydrogens is 242 g/mol. The third-order valence-electron chi connectivity index (χ3n) is 3.23. The quantitative estimate of drug-likeness (QED) is 0.781. The largest absolute Gasteiger partial charge is 0.481 e. The van der Waals surface area contributed by atoms with Gasteiger partial charge >= 0.3 is 5.97 Å². The summed E-state index contributed by atoms with van der Waals surface area (Å²) in [6.45, 7) is 2.72. The first-order chi connectivity index (χ1) is 9.09. The number of aromatic nitrogens is 2. The first-order valence-corrected chi connectivity index (χ1v) is 6.46. The van der Waals surface area contributed by atoms with E-state index in [0.717, 1.165) is 16.9 Å². The smallest absolute Gasteiger partial charge is 0.303 e. The van der Waals surface area contributed by atoms with Gasteiger partial charge in [-0.15, -0.1) is 0 Å². The molecule has 0 fully saturated rings. The van der Waals surface area contributed by atoms with E-state index in [1.54, 1.807) is 0 Å². The van der Waals surface area contributed by atoms with Crippen LogP contribution in [-0.2, 0) is 11.8 Å². The number of carboxylic acids is 1. The lowest BCUT2D eigenvalue weighted by molar-refractivity contribution is -0.137. The summed E-state index contributed by atoms with van der Waals surface area (Å²) in [5.41, 5.74) is 2.09. The first-order valence-electron chi connectivity index (χ1n) is 6.46. The summed E-state index contributed by atoms with van der Waals surface area (Å²) < 4.78 is 2.07. The van der Waals surface area contributed by atoms with Crippen molar-refractivity contribution in [3.63, 3.8) is 0 Å². The van der Waals surface area contributed by atoms with Crippen LogP contribution in [0.3, 0.4) is 0 Å². The third-order valence-corrected chi connectivity index (χ3v) is 3.23. The van der Waals surface area contributed by atoms with Crippen LogP contribution in [0.4, 0.5) is 0 Å². The molecule has 2 N–H and O–H groups in total. The van der Waals surface area contributed by atoms with Crippen molar-refractivity contribution in [2.45, 2.75) is 25.8 Å². The molecule has 0 radical (unpaired) electrons. The zero-order chi connectivity index (χ0) is 13.8. The van der Waals surface area contributed by atoms with Gasteiger partial charge in [-0.1, -0.05) is 12.1 Å². The number of benzene rings is 1. The molecule has 1 atom stereocenters. The molecule has 0 amide bonds. The predicted octanol–water partition coefficient (Wildman–Crippen LogP) is 2.09. The van der Waals surface area contributed by atoms with Crippen molar-refractivity contribution in [2.75, 3.05) is 6.54 Å². The Morgan fingerprint density at radius 1 is 1.47 bits per heavy atom. The van der Waals surface area contributed by atoms with Crippen LogP contribution in [0.1, 0.15) is 31.6 Å². The zero-order valence-electron chi connectivity index (χ0n) is 11.3. The van der Waals surface area contributed by atoms with Gasteiger partial charge < -0.3 is 15.0 Å². The summed E-state index contributed by atoms with van der Waals surface area (Å²) in [6, 6.07) is 8.12. The molecule has 19 heavy (non-hydrogen) atoms. The summed E-state index contributed by atoms with van der Waals surface area (Å²) in [4.78, 5) is 15.1. The Morgan fingerprint density at radius 3 is 2.89 bits per heavy atom. The molecule has 102 valence electrons. The number of nitrogens with one attached hydrogen (secondary N) is 1. The molecule has 1 aromatic carbocycles. The van der Waals surface area contributed by atoms with Crippen LogP contribution in [0.2, 0.25) is 0 Å². The van der Waals surface area contributed by atoms with E-state index in [2.05, 4.69) is 14.9 Å². The third kappa shape index (κ3) is 3.12. The van der Waals surface area contributed by atoms with Crippen LogP contribution in [-0.4, -0.2) is 27.2 Å². The number of para-hydroxylation sites is 2. The second-order valence-corrected chi connectivity index (χ2v) is 4.69. The van der Waals surface area contributed by atoms with Crippen LogP contribution < -0.4 is 5.32 Å². The molecule has 1 heterocycles. The van der Waals surface area contributed by atoms with Gasteiger partial charge in [-0.25, -0.2) is 4.98 Å². The van der Waals surface area contributed by atoms with Crippen LogP contribution >= 0.6 is 0 Å². The van der Waals surface area contributed by atoms with E-state index >= 15 is 0 Å². The zero-order valence-corrected chi connectivity index (χ0v) is 11.3. The highest BCUT2D eigenvalue weighted by molar-refractivity contribution is 5.75. The highest BCUT2D eigenvalue weighted by Crippen LogP contribution is 2.18. The van der Waals surface area contributed by atoms with E-state index in [9.17, 15) is 4.79 Å². The second-order valence-electron chi connectivity index (χ2n) is 4.69. The molecule has 0 aliphatic rings. The summed E-state index contributed by atoms with van der Waals surface area (Å²) in [5.74, 6) is 0.216. The summed E-state index contributed by atoms with van der Waals surface area (Å²) in [6.07, 6.45) is 0.825. The summed E-state index contributed by atoms with van der Waals surface area (Å²) in [7, 11) is 2.00. The van der Waals surface area contributed by atoms with E-state index in [1.807, 2.05) is 38.2 Å². The van der Waals surface area contributed by atoms with E-state index in [-0.39, 0.29) is 12.5 Å². The molecule has 1 aromatic heterocycles. The Labute approximate surface area is 112 Å². The van der Waals surface area contributed by atoms with Gasteiger partial charge in [-0.3, -0.25) is 4.79 Å². The van der Waals surface area contributed by atoms with Crippen molar-refractivity contribution in [2.24, 2.45) is 7.05 Å². The average molecular weight is 261 g/mol. The second kappa shape index (κ2) is 5.84. The Morgan fingerprint density at radius 2 is 2.21 bits per heavy atom. The van der Waals surface area contributed by atoms with Crippen LogP contribution in [0.5, 0.6) is 0 Å². The number of nitrogens with zero attached hydrogens (tertiary/aromatic N) is 2. The van der Waals surface area contributed by atoms with Crippen molar-refractivity contribution >= 4 is 17.0 Å². The van der Waals surface area contributed by atoms with E-state index in [0.29, 0.717) is 13.0 Å². The van der Waals surface area contributed by atoms with E-state index in [4.69, 9.17) is 5.11 Å². The van der Waals surface area contributed by atoms with Gasteiger partial charge in [0.1, 0.15) is 5.82 Å². The van der Waals surface area contributed by atoms with Crippen molar-refractivity contribution in [1.29, 1.82) is 0 Å². The molecular formula is C14H19N3O2. The first kappa shape index (κ1) is 13.5. The molecule has 2 aromatic rings. The Bertz CT molecular complexity index is 577. The molecule has 0 saturated heterocycles. The van der Waals surface area contributed by atoms with E-state index in [1.165, 1.54) is 0 Å². The number of aliphatic carboxylic acids is 1. The van der Waals surface area contributed by atoms with Crippen molar-refractivity contribution in [3.8, 4) is 0 Å². The maximum absolute atomic E-state index is 10.4. The number of carbonyl (C=O) groups is 1. The molecule has 0 aliphatic carbocycles. The molecule has 2 rings (SSSR count). The molecule has 0 aliphatic heterocycles. The highest BCUT2D eigenvalue weighted by Gasteiger charge is 2.13. The van der Waals surface area contributed by atoms with Crippen molar-refractivity contribution in [1.82, 2.24) is 14.9 Å². The SMILES string of the molecule is CC(NCCCC(=O)O)c1nc2ccccc2n1C. The fraction of sp³-hybridized carbons (Fsp3) is 0.429. The number of carboxylic acid groups (broad SMARTS) is 1. The lowest BCUT2D eigenvalue weighted by Gasteiger charge is -2.13. The fourth-order valence-electron chi connectivity index (χ4n) is 2.20. The number of hydrogen-bond acceptors (Lipinski definition) is 3. The molecule has 0 bridgehead atoms. The topological polar surface area (TPSA) is 67.2 Å². The number of imidazole rings is 1. The van der Waals surface area contributed by atoms with Gasteiger partial charge in [0.15, 0.2) is 0 Å². The van der Waals surface area contributed by atoms with Gasteiger partial charge in [0.05, 0.1) is 17.1 Å². The minimum absolute atomic E-state index is 0.103. The Balaban J connectivity index is 2.03. The maximum Gasteiger partial charge on any atom is 0.303 e. The molecule has 0 spiro atoms. The molecule has 0 saturated carbocycles. The Kier molecular flexibility index (Phi) is 4.16. The number of rotatable bonds is 6. The standard InChI is InChI=1S/C14H19N3O2/c1-10(15-9-5-8-13(18)19)14-16-11-6-3-4-7-12(11)17(14)2/h3-4,6-7,10,15H,5,8-9H2,1-2H3,(H,18,19). The number of hydrogen-bond donors (Lipinski definition) is 2. The minimum Gasteiger partial charge on any atom is -0.481 e. The summed E-state index contributed by atoms with van der Waals surface area (Å²) in [5, 5.41) is 11.9. The van der Waals surface area contributed by atoms with E-state index < -0.39 is 5.97 Å². The lowest BCUT2D eigenvalue weighted by atomic mass is 10.2. The van der Waals surface area contributed by atoms with Gasteiger partial charge in [-0.2, -0.15) is 0 Å². The minimum atomic E-state index is -0.753. The van der Waals surface area contributed by atoms with Crippen LogP contribution in [0.15, 0.2) is 24.3 Å². The molecule has 5 heteroatoms. The maximum atomic E-state index is 10.4. The van der Waals surface area contributed by atoms with Gasteiger partial charge in [0.2, 0.25) is 0 Å². The molecule has 1 unspecified atom stereocenters. The van der Waals surface area contributed by atoms with Gasteiger partial charge in [-0.05, 0) is 32.0 Å². The summed E-state index contributed by atoms with van der Waals surface area (Å²) >= 11 is 0. The highest BCUT2D eigenvalue weighted by atomic mass is 16.4. The predicted molar refractivity (Wildman–Crippen MR) is 74.0 cm³/mol. The molecule has 5 nitrogen and oxygen atoms in total. The fourth-order valence-corrected chi connectivity index (χ4v) is 2.20. The van der Waals surface area contributed by atoms with Crippen molar-refractivity contribution in [3.05, 3.63) is 30.1 Å². The number of aryl methyl sites for hydroxylation is 1. The van der Waals surface area contributed by atoms with Gasteiger partial charge in [0, 0.05) is 13.5 Å². The normalized spacial score (nSPS) is 12.7. The Hall–Kier alpha value is -1.88. The average Bonchev–Trinajstić information content (AvgIpc) is 2.72. The van der Waals surface area contributed by atoms with Crippen LogP contribution in [0, 0.1) is 0 Å². The number of fused-ring (bicyclic) bond motifs is 1. The van der Waals surface area contributed by atoms with Crippen LogP contribution in [0.25, 0.3) is 11.0 Å². The van der Waals surface area contributed by atoms with Crippen molar-refractivity contribution < 1.29 is 9.90 Å². The van der Waals surface area contributed by atoms with Gasteiger partial charge in [0.25, 0.3) is 0 Å². The monoisotopic (exact) mass is 261 g/mol.